The lowest BCUT2D eigenvalue weighted by Gasteiger charge is -2.06. The van der Waals surface area contributed by atoms with Gasteiger partial charge in [0, 0.05) is 6.20 Å². The van der Waals surface area contributed by atoms with Gasteiger partial charge in [0.05, 0.1) is 17.8 Å². The van der Waals surface area contributed by atoms with Crippen molar-refractivity contribution in [3.05, 3.63) is 29.6 Å². The molecule has 0 spiro atoms. The van der Waals surface area contributed by atoms with Crippen LogP contribution in [-0.4, -0.2) is 33.0 Å². The zero-order valence-electron chi connectivity index (χ0n) is 12.3. The molecule has 0 saturated heterocycles. The van der Waals surface area contributed by atoms with Crippen LogP contribution in [0.15, 0.2) is 18.3 Å². The number of hydroxylamine groups is 1. The highest BCUT2D eigenvalue weighted by Gasteiger charge is 2.14. The number of anilines is 1. The minimum atomic E-state index is -0.559. The minimum absolute atomic E-state index is 0.0951. The molecular weight excluding hydrogens is 286 g/mol. The summed E-state index contributed by atoms with van der Waals surface area (Å²) in [6, 6.07) is 3.31. The first-order valence-corrected chi connectivity index (χ1v) is 7.04. The minimum Gasteiger partial charge on any atom is -0.366 e. The molecule has 118 valence electrons. The largest absolute Gasteiger partial charge is 0.366 e. The van der Waals surface area contributed by atoms with Crippen molar-refractivity contribution >= 4 is 23.3 Å². The van der Waals surface area contributed by atoms with Gasteiger partial charge in [-0.25, -0.2) is 10.5 Å². The van der Waals surface area contributed by atoms with Gasteiger partial charge in [-0.05, 0) is 25.0 Å². The number of hydrogen-bond acceptors (Lipinski definition) is 5. The number of aromatic nitrogens is 2. The van der Waals surface area contributed by atoms with Crippen molar-refractivity contribution in [2.45, 2.75) is 26.2 Å². The van der Waals surface area contributed by atoms with E-state index in [1.54, 1.807) is 28.2 Å². The number of unbranched alkanes of at least 4 members (excludes halogenated alkanes) is 1. The summed E-state index contributed by atoms with van der Waals surface area (Å²) in [5.41, 5.74) is 8.78. The van der Waals surface area contributed by atoms with E-state index in [4.69, 9.17) is 10.9 Å². The van der Waals surface area contributed by atoms with Crippen LogP contribution in [0.1, 0.15) is 35.8 Å². The van der Waals surface area contributed by atoms with Gasteiger partial charge in [0.2, 0.25) is 5.91 Å². The monoisotopic (exact) mass is 305 g/mol. The number of aryl methyl sites for hydroxylation is 1. The van der Waals surface area contributed by atoms with Crippen molar-refractivity contribution in [3.63, 3.8) is 0 Å². The van der Waals surface area contributed by atoms with Gasteiger partial charge in [-0.2, -0.15) is 0 Å². The van der Waals surface area contributed by atoms with Crippen LogP contribution in [-0.2, 0) is 11.2 Å². The number of pyridine rings is 1. The molecule has 2 aromatic rings. The van der Waals surface area contributed by atoms with E-state index in [9.17, 15) is 9.59 Å². The number of imidazole rings is 1. The van der Waals surface area contributed by atoms with Crippen LogP contribution in [0.5, 0.6) is 0 Å². The summed E-state index contributed by atoms with van der Waals surface area (Å²) in [6.45, 7) is 1.98. The highest BCUT2D eigenvalue weighted by molar-refractivity contribution is 5.92. The number of hydrogen-bond donors (Lipinski definition) is 4. The second kappa shape index (κ2) is 6.90. The lowest BCUT2D eigenvalue weighted by Crippen LogP contribution is -2.27. The van der Waals surface area contributed by atoms with E-state index in [-0.39, 0.29) is 6.54 Å². The van der Waals surface area contributed by atoms with E-state index in [1.165, 1.54) is 0 Å². The summed E-state index contributed by atoms with van der Waals surface area (Å²) in [5, 5.41) is 11.4. The molecule has 8 nitrogen and oxygen atoms in total. The number of primary amides is 1. The first-order valence-electron chi connectivity index (χ1n) is 7.04. The number of carbonyl (C=O) groups is 2. The average molecular weight is 305 g/mol. The number of nitrogens with zero attached hydrogens (tertiary/aromatic N) is 2. The molecule has 2 rings (SSSR count). The maximum Gasteiger partial charge on any atom is 0.262 e. The lowest BCUT2D eigenvalue weighted by atomic mass is 10.2. The number of fused-ring (bicyclic) bond motifs is 1. The van der Waals surface area contributed by atoms with Gasteiger partial charge in [-0.1, -0.05) is 13.3 Å². The van der Waals surface area contributed by atoms with Gasteiger partial charge < -0.3 is 15.5 Å². The van der Waals surface area contributed by atoms with E-state index in [1.807, 2.05) is 0 Å². The van der Waals surface area contributed by atoms with Crippen molar-refractivity contribution in [1.82, 2.24) is 14.9 Å². The molecule has 0 aliphatic carbocycles. The Morgan fingerprint density at radius 1 is 1.41 bits per heavy atom. The number of nitrogens with one attached hydrogen (secondary N) is 2. The summed E-state index contributed by atoms with van der Waals surface area (Å²) >= 11 is 0. The van der Waals surface area contributed by atoms with Gasteiger partial charge in [0.15, 0.2) is 0 Å². The summed E-state index contributed by atoms with van der Waals surface area (Å²) in [5.74, 6) is -0.513. The highest BCUT2D eigenvalue weighted by Crippen LogP contribution is 2.20. The number of nitrogens with two attached hydrogens (primary N) is 1. The topological polar surface area (TPSA) is 122 Å². The quantitative estimate of drug-likeness (QED) is 0.443. The van der Waals surface area contributed by atoms with Gasteiger partial charge in [-0.3, -0.25) is 14.8 Å². The van der Waals surface area contributed by atoms with E-state index in [0.29, 0.717) is 17.0 Å². The van der Waals surface area contributed by atoms with E-state index in [0.717, 1.165) is 25.0 Å². The first kappa shape index (κ1) is 15.8. The van der Waals surface area contributed by atoms with Gasteiger partial charge in [0.1, 0.15) is 11.5 Å². The Morgan fingerprint density at radius 3 is 2.82 bits per heavy atom. The summed E-state index contributed by atoms with van der Waals surface area (Å²) < 4.78 is 1.80. The van der Waals surface area contributed by atoms with E-state index >= 15 is 0 Å². The van der Waals surface area contributed by atoms with Crippen molar-refractivity contribution in [2.75, 3.05) is 11.9 Å². The third-order valence-corrected chi connectivity index (χ3v) is 3.31. The van der Waals surface area contributed by atoms with Crippen molar-refractivity contribution < 1.29 is 14.8 Å². The fraction of sp³-hybridized carbons (Fsp3) is 0.357. The second-order valence-corrected chi connectivity index (χ2v) is 4.91. The summed E-state index contributed by atoms with van der Waals surface area (Å²) in [7, 11) is 0. The molecule has 22 heavy (non-hydrogen) atoms. The molecule has 0 radical (unpaired) electrons. The van der Waals surface area contributed by atoms with Crippen LogP contribution in [0.3, 0.4) is 0 Å². The lowest BCUT2D eigenvalue weighted by molar-refractivity contribution is -0.127. The van der Waals surface area contributed by atoms with Crippen LogP contribution < -0.4 is 16.5 Å². The summed E-state index contributed by atoms with van der Waals surface area (Å²) in [4.78, 5) is 26.9. The first-order chi connectivity index (χ1) is 10.6. The predicted molar refractivity (Wildman–Crippen MR) is 80.7 cm³/mol. The zero-order valence-corrected chi connectivity index (χ0v) is 12.3. The maximum atomic E-state index is 11.3. The fourth-order valence-electron chi connectivity index (χ4n) is 2.17. The highest BCUT2D eigenvalue weighted by atomic mass is 16.5. The molecule has 0 aliphatic rings. The Labute approximate surface area is 127 Å². The number of amides is 2. The molecule has 2 amide bonds. The van der Waals surface area contributed by atoms with Gasteiger partial charge in [-0.15, -0.1) is 0 Å². The normalized spacial score (nSPS) is 10.6. The Kier molecular flexibility index (Phi) is 4.95. The van der Waals surface area contributed by atoms with Gasteiger partial charge >= 0.3 is 0 Å². The van der Waals surface area contributed by atoms with Crippen LogP contribution in [0.4, 0.5) is 5.82 Å². The Hall–Kier alpha value is -2.61. The van der Waals surface area contributed by atoms with Crippen molar-refractivity contribution in [3.8, 4) is 0 Å². The molecule has 0 saturated carbocycles. The standard InChI is InChI=1S/C14H19N5O3/c1-2-3-4-10-14(16-7-12(20)18-22)17-11-6-5-9(13(15)21)8-19(10)11/h5-6,8,16,22H,2-4,7H2,1H3,(H2,15,21)(H,18,20). The molecular formula is C14H19N5O3. The van der Waals surface area contributed by atoms with Crippen LogP contribution >= 0.6 is 0 Å². The SMILES string of the molecule is CCCCc1c(NCC(=O)NO)nc2ccc(C(N)=O)cn12. The average Bonchev–Trinajstić information content (AvgIpc) is 2.87. The molecule has 8 heteroatoms. The van der Waals surface area contributed by atoms with Crippen LogP contribution in [0.25, 0.3) is 5.65 Å². The molecule has 2 heterocycles. The smallest absolute Gasteiger partial charge is 0.262 e. The molecule has 0 atom stereocenters. The van der Waals surface area contributed by atoms with Gasteiger partial charge in [0.25, 0.3) is 5.91 Å². The van der Waals surface area contributed by atoms with Crippen LogP contribution in [0, 0.1) is 0 Å². The predicted octanol–water partition coefficient (Wildman–Crippen LogP) is 0.693. The third-order valence-electron chi connectivity index (χ3n) is 3.31. The number of carbonyl (C=O) groups excluding carboxylic acids is 2. The molecule has 5 N–H and O–H groups in total. The zero-order chi connectivity index (χ0) is 16.1. The molecule has 0 aliphatic heterocycles. The fourth-order valence-corrected chi connectivity index (χ4v) is 2.17. The molecule has 2 aromatic heterocycles. The Bertz CT molecular complexity index is 695. The Morgan fingerprint density at radius 2 is 2.18 bits per heavy atom. The molecule has 0 fully saturated rings. The van der Waals surface area contributed by atoms with Crippen LogP contribution in [0.2, 0.25) is 0 Å². The molecule has 0 bridgehead atoms. The van der Waals surface area contributed by atoms with Crippen molar-refractivity contribution in [2.24, 2.45) is 5.73 Å². The van der Waals surface area contributed by atoms with E-state index < -0.39 is 11.8 Å². The third kappa shape index (κ3) is 3.34. The molecule has 0 aromatic carbocycles. The maximum absolute atomic E-state index is 11.3. The van der Waals surface area contributed by atoms with E-state index in [2.05, 4.69) is 17.2 Å². The summed E-state index contributed by atoms with van der Waals surface area (Å²) in [6.07, 6.45) is 4.32. The second-order valence-electron chi connectivity index (χ2n) is 4.91. The number of rotatable bonds is 7. The van der Waals surface area contributed by atoms with Crippen molar-refractivity contribution in [1.29, 1.82) is 0 Å². The Balaban J connectivity index is 2.40. The molecule has 0 unspecified atom stereocenters.